The maximum Gasteiger partial charge on any atom is 0.256 e. The Labute approximate surface area is 162 Å². The summed E-state index contributed by atoms with van der Waals surface area (Å²) >= 11 is 0. The lowest BCUT2D eigenvalue weighted by molar-refractivity contribution is -0.124. The lowest BCUT2D eigenvalue weighted by Gasteiger charge is -2.09. The van der Waals surface area contributed by atoms with Crippen LogP contribution in [0.1, 0.15) is 26.7 Å². The molecular weight excluding hydrogens is 412 g/mol. The van der Waals surface area contributed by atoms with E-state index in [1.165, 1.54) is 0 Å². The Balaban J connectivity index is 3.11. The molecule has 0 saturated carbocycles. The average molecular weight is 432 g/mol. The molecule has 1 rings (SSSR count). The number of rotatable bonds is 11. The Kier molecular flexibility index (Phi) is 7.75. The van der Waals surface area contributed by atoms with Gasteiger partial charge in [0.15, 0.2) is 0 Å². The summed E-state index contributed by atoms with van der Waals surface area (Å²) in [6.07, 6.45) is -0.176. The van der Waals surface area contributed by atoms with Gasteiger partial charge in [0, 0.05) is 29.6 Å². The summed E-state index contributed by atoms with van der Waals surface area (Å²) in [6, 6.07) is 0. The Morgan fingerprint density at radius 1 is 0.893 bits per heavy atom. The Bertz CT molecular complexity index is 929. The molecule has 0 unspecified atom stereocenters. The number of nitrogens with zero attached hydrogens (tertiary/aromatic N) is 3. The highest BCUT2D eigenvalue weighted by Gasteiger charge is 2.17. The third kappa shape index (κ3) is 7.79. The zero-order valence-corrected chi connectivity index (χ0v) is 16.8. The molecule has 0 aliphatic heterocycles. The highest BCUT2D eigenvalue weighted by molar-refractivity contribution is 7.95. The molecule has 0 bridgehead atoms. The second-order valence-electron chi connectivity index (χ2n) is 5.60. The zero-order valence-electron chi connectivity index (χ0n) is 15.2. The molecule has 154 valence electrons. The maximum atomic E-state index is 12.0. The molecule has 0 aliphatic carbocycles. The molecule has 0 radical (unpaired) electrons. The topological polar surface area (TPSA) is 177 Å². The van der Waals surface area contributed by atoms with E-state index in [4.69, 9.17) is 0 Å². The predicted molar refractivity (Wildman–Crippen MR) is 103 cm³/mol. The molecule has 1 heterocycles. The second-order valence-corrected chi connectivity index (χ2v) is 8.86. The third-order valence-corrected chi connectivity index (χ3v) is 4.85. The quantitative estimate of drug-likeness (QED) is 0.451. The molecule has 1 aromatic heterocycles. The smallest absolute Gasteiger partial charge is 0.256 e. The first-order chi connectivity index (χ1) is 12.9. The Morgan fingerprint density at radius 2 is 1.32 bits per heavy atom. The third-order valence-electron chi connectivity index (χ3n) is 3.03. The molecule has 1 amide bonds. The van der Waals surface area contributed by atoms with Crippen molar-refractivity contribution in [3.8, 4) is 0 Å². The van der Waals surface area contributed by atoms with E-state index in [1.54, 1.807) is 13.8 Å². The van der Waals surface area contributed by atoms with Gasteiger partial charge in [-0.3, -0.25) is 14.9 Å². The van der Waals surface area contributed by atoms with E-state index in [0.717, 1.165) is 0 Å². The number of carbonyl (C=O) groups is 2. The van der Waals surface area contributed by atoms with Crippen molar-refractivity contribution in [3.05, 3.63) is 24.0 Å². The van der Waals surface area contributed by atoms with Crippen LogP contribution in [0.3, 0.4) is 0 Å². The number of aromatic nitrogens is 3. The molecule has 0 fully saturated rings. The van der Waals surface area contributed by atoms with Gasteiger partial charge in [0.05, 0.1) is 0 Å². The maximum absolute atomic E-state index is 12.0. The summed E-state index contributed by atoms with van der Waals surface area (Å²) in [6.45, 7) is 9.60. The first-order valence-corrected chi connectivity index (χ1v) is 10.9. The van der Waals surface area contributed by atoms with Gasteiger partial charge in [0.1, 0.15) is 5.78 Å². The van der Waals surface area contributed by atoms with Crippen LogP contribution in [0.5, 0.6) is 0 Å². The molecule has 0 atom stereocenters. The van der Waals surface area contributed by atoms with Crippen LogP contribution in [0.4, 0.5) is 17.8 Å². The number of sulfonamides is 2. The molecule has 0 aromatic carbocycles. The van der Waals surface area contributed by atoms with Gasteiger partial charge in [-0.1, -0.05) is 27.0 Å². The van der Waals surface area contributed by atoms with Crippen LogP contribution >= 0.6 is 0 Å². The number of nitrogens with one attached hydrogen (secondary N) is 3. The van der Waals surface area contributed by atoms with E-state index in [0.29, 0.717) is 10.8 Å². The number of amides is 1. The molecule has 0 spiro atoms. The molecule has 1 aromatic rings. The average Bonchev–Trinajstić information content (AvgIpc) is 2.58. The first kappa shape index (κ1) is 23.2. The molecule has 0 saturated heterocycles. The van der Waals surface area contributed by atoms with Crippen molar-refractivity contribution < 1.29 is 26.4 Å². The highest BCUT2D eigenvalue weighted by Crippen LogP contribution is 2.13. The van der Waals surface area contributed by atoms with E-state index >= 15 is 0 Å². The summed E-state index contributed by atoms with van der Waals surface area (Å²) in [5.41, 5.74) is 0. The molecule has 14 heteroatoms. The normalized spacial score (nSPS) is 11.5. The fourth-order valence-corrected chi connectivity index (χ4v) is 2.43. The number of hydrogen-bond donors (Lipinski definition) is 3. The largest absolute Gasteiger partial charge is 0.299 e. The van der Waals surface area contributed by atoms with Gasteiger partial charge >= 0.3 is 0 Å². The molecule has 28 heavy (non-hydrogen) atoms. The zero-order chi connectivity index (χ0) is 21.5. The van der Waals surface area contributed by atoms with Gasteiger partial charge in [-0.25, -0.2) is 26.3 Å². The van der Waals surface area contributed by atoms with Crippen molar-refractivity contribution >= 4 is 49.6 Å². The van der Waals surface area contributed by atoms with Crippen LogP contribution < -0.4 is 14.8 Å². The number of ketones is 1. The van der Waals surface area contributed by atoms with Gasteiger partial charge in [-0.15, -0.1) is 0 Å². The van der Waals surface area contributed by atoms with Crippen LogP contribution in [0.15, 0.2) is 24.0 Å². The van der Waals surface area contributed by atoms with Crippen LogP contribution in [-0.4, -0.2) is 43.5 Å². The summed E-state index contributed by atoms with van der Waals surface area (Å²) in [5, 5.41) is 3.42. The van der Waals surface area contributed by atoms with Crippen molar-refractivity contribution in [2.45, 2.75) is 26.7 Å². The van der Waals surface area contributed by atoms with Crippen molar-refractivity contribution in [2.24, 2.45) is 5.92 Å². The van der Waals surface area contributed by atoms with Gasteiger partial charge in [0.25, 0.3) is 20.0 Å². The minimum Gasteiger partial charge on any atom is -0.299 e. The fourth-order valence-electron chi connectivity index (χ4n) is 1.57. The minimum absolute atomic E-state index is 0.0134. The van der Waals surface area contributed by atoms with E-state index in [1.807, 2.05) is 9.44 Å². The lowest BCUT2D eigenvalue weighted by Crippen LogP contribution is -2.20. The van der Waals surface area contributed by atoms with Crippen LogP contribution in [0.2, 0.25) is 0 Å². The molecule has 3 N–H and O–H groups in total. The number of carbonyl (C=O) groups excluding carboxylic acids is 2. The SMILES string of the molecule is C=CS(=O)(=O)Nc1nc(NC(=O)CCC(=O)C(C)C)nc(NS(=O)(=O)C=C)n1. The van der Waals surface area contributed by atoms with Crippen molar-refractivity contribution in [2.75, 3.05) is 14.8 Å². The second kappa shape index (κ2) is 9.36. The van der Waals surface area contributed by atoms with Gasteiger partial charge < -0.3 is 0 Å². The van der Waals surface area contributed by atoms with Crippen LogP contribution in [0.25, 0.3) is 0 Å². The van der Waals surface area contributed by atoms with Crippen molar-refractivity contribution in [3.63, 3.8) is 0 Å². The number of hydrogen-bond acceptors (Lipinski definition) is 9. The monoisotopic (exact) mass is 432 g/mol. The number of anilines is 3. The van der Waals surface area contributed by atoms with Crippen molar-refractivity contribution in [1.29, 1.82) is 0 Å². The lowest BCUT2D eigenvalue weighted by atomic mass is 10.0. The first-order valence-electron chi connectivity index (χ1n) is 7.76. The van der Waals surface area contributed by atoms with Crippen molar-refractivity contribution in [1.82, 2.24) is 15.0 Å². The summed E-state index contributed by atoms with van der Waals surface area (Å²) < 4.78 is 50.2. The van der Waals surface area contributed by atoms with Gasteiger partial charge in [-0.05, 0) is 0 Å². The summed E-state index contributed by atoms with van der Waals surface area (Å²) in [7, 11) is -8.02. The van der Waals surface area contributed by atoms with E-state index in [9.17, 15) is 26.4 Å². The van der Waals surface area contributed by atoms with Crippen LogP contribution in [-0.2, 0) is 29.6 Å². The fraction of sp³-hybridized carbons (Fsp3) is 0.357. The highest BCUT2D eigenvalue weighted by atomic mass is 32.2. The van der Waals surface area contributed by atoms with Crippen LogP contribution in [0, 0.1) is 5.92 Å². The van der Waals surface area contributed by atoms with Gasteiger partial charge in [0.2, 0.25) is 23.8 Å². The molecule has 0 aliphatic rings. The standard InChI is InChI=1S/C14H20N6O6S2/c1-5-27(23,24)19-13-16-12(15-11(22)8-7-10(21)9(3)4)17-14(18-13)20-28(25,26)6-2/h5-6,9H,1-2,7-8H2,3-4H3,(H3,15,16,17,18,19,20,22). The van der Waals surface area contributed by atoms with E-state index in [-0.39, 0.29) is 24.5 Å². The Hall–Kier alpha value is -2.87. The summed E-state index contributed by atoms with van der Waals surface area (Å²) in [5.74, 6) is -2.54. The van der Waals surface area contributed by atoms with Gasteiger partial charge in [-0.2, -0.15) is 15.0 Å². The van der Waals surface area contributed by atoms with E-state index in [2.05, 4.69) is 33.4 Å². The minimum atomic E-state index is -4.01. The van der Waals surface area contributed by atoms with E-state index < -0.39 is 43.8 Å². The Morgan fingerprint density at radius 3 is 1.71 bits per heavy atom. The predicted octanol–water partition coefficient (Wildman–Crippen LogP) is 0.586. The number of Topliss-reactive ketones (excluding diaryl/α,β-unsaturated/α-hetero) is 1. The summed E-state index contributed by atoms with van der Waals surface area (Å²) in [4.78, 5) is 34.5. The molecular formula is C14H20N6O6S2. The molecule has 12 nitrogen and oxygen atoms in total.